The predicted octanol–water partition coefficient (Wildman–Crippen LogP) is 16.6. The van der Waals surface area contributed by atoms with Gasteiger partial charge >= 0.3 is 0 Å². The second-order valence-electron chi connectivity index (χ2n) is 26.0. The number of phenolic OH excluding ortho intramolecular Hbond substituents is 6. The molecule has 9 aromatic carbocycles. The quantitative estimate of drug-likeness (QED) is 0.00598. The predicted molar refractivity (Wildman–Crippen MR) is 445 cm³/mol. The van der Waals surface area contributed by atoms with E-state index in [1.807, 2.05) is 136 Å². The molecular formula is C84H79Br2I2N5O18. The number of benzene rings is 9. The van der Waals surface area contributed by atoms with Crippen LogP contribution < -0.4 is 42.9 Å². The molecule has 23 nitrogen and oxygen atoms in total. The molecule has 3 aromatic heterocycles. The summed E-state index contributed by atoms with van der Waals surface area (Å²) in [6.07, 6.45) is 7.23. The minimum absolute atomic E-state index is 0.0183. The van der Waals surface area contributed by atoms with Crippen molar-refractivity contribution in [3.05, 3.63) is 247 Å². The highest BCUT2D eigenvalue weighted by Crippen LogP contribution is 2.43. The molecule has 12 rings (SSSR count). The lowest BCUT2D eigenvalue weighted by molar-refractivity contribution is -0.119. The van der Waals surface area contributed by atoms with Crippen LogP contribution in [0.5, 0.6) is 51.7 Å². The van der Waals surface area contributed by atoms with E-state index in [0.29, 0.717) is 185 Å². The molecule has 27 heteroatoms. The smallest absolute Gasteiger partial charge is 0.217 e. The molecule has 3 heterocycles. The number of amides is 3. The standard InChI is InChI=1S/C28H25Br2NO6.C28H25I2NO6.C28H29N3O6/c3*29-19-12-17(13-20(30)28(19)35)27(34)26-18-14-21(32)24(36-11-10-16-6-2-1-3-7-16)15-23(18)37-22(26)8-4-5-9-25(31)33/h2*1-3,6-7,12-15,32,35H,4-5,8-11H2,(H2,31,33);1-3,6-7,12-15,32,35H,4-5,8-11,29-30H2,(H2,31,33). The number of halogens is 4. The molecule has 0 saturated heterocycles. The number of nitrogen functional groups attached to an aromatic ring is 2. The lowest BCUT2D eigenvalue weighted by Gasteiger charge is -2.09. The summed E-state index contributed by atoms with van der Waals surface area (Å²) < 4.78 is 37.6. The number of anilines is 2. The van der Waals surface area contributed by atoms with Gasteiger partial charge in [-0.3, -0.25) is 28.8 Å². The first kappa shape index (κ1) is 82.7. The number of ether oxygens (including phenoxy) is 3. The molecule has 0 unspecified atom stereocenters. The number of hydrogen-bond acceptors (Lipinski definition) is 20. The van der Waals surface area contributed by atoms with Gasteiger partial charge in [0.25, 0.3) is 0 Å². The number of fused-ring (bicyclic) bond motifs is 3. The van der Waals surface area contributed by atoms with Crippen LogP contribution in [0.3, 0.4) is 0 Å². The Kier molecular flexibility index (Phi) is 28.9. The molecule has 0 aliphatic carbocycles. The maximum atomic E-state index is 13.7. The Labute approximate surface area is 681 Å². The average molecular weight is 1860 g/mol. The highest BCUT2D eigenvalue weighted by Gasteiger charge is 2.29. The van der Waals surface area contributed by atoms with Crippen molar-refractivity contribution >= 4 is 156 Å². The van der Waals surface area contributed by atoms with Crippen molar-refractivity contribution in [2.45, 2.75) is 96.3 Å². The monoisotopic (exact) mass is 1860 g/mol. The SMILES string of the molecule is NC(=O)CCCCc1oc2cc(OCCc3ccccc3)c(O)cc2c1C(=O)c1cc(Br)c(O)c(Br)c1.NC(=O)CCCCc1oc2cc(OCCc3ccccc3)c(O)cc2c1C(=O)c1cc(I)c(O)c(I)c1.NC(=O)CCCCc1oc2cc(OCCc3ccccc3)c(O)cc2c1C(=O)c1cc(N)c(O)c(N)c1. The Morgan fingerprint density at radius 3 is 0.946 bits per heavy atom. The van der Waals surface area contributed by atoms with Gasteiger partial charge in [-0.05, 0) is 187 Å². The van der Waals surface area contributed by atoms with E-state index in [2.05, 4.69) is 31.9 Å². The van der Waals surface area contributed by atoms with Gasteiger partial charge in [-0.15, -0.1) is 0 Å². The zero-order chi connectivity index (χ0) is 79.6. The second-order valence-corrected chi connectivity index (χ2v) is 30.0. The van der Waals surface area contributed by atoms with E-state index < -0.39 is 11.7 Å². The van der Waals surface area contributed by atoms with Crippen molar-refractivity contribution in [2.24, 2.45) is 17.2 Å². The molecule has 0 spiro atoms. The molecular weight excluding hydrogens is 1780 g/mol. The van der Waals surface area contributed by atoms with E-state index in [9.17, 15) is 59.4 Å². The van der Waals surface area contributed by atoms with Crippen molar-refractivity contribution in [1.29, 1.82) is 0 Å². The Hall–Kier alpha value is -10.8. The fourth-order valence-corrected chi connectivity index (χ4v) is 15.2. The Bertz CT molecular complexity index is 4810. The van der Waals surface area contributed by atoms with E-state index in [1.54, 1.807) is 30.3 Å². The number of ketones is 3. The van der Waals surface area contributed by atoms with Gasteiger partial charge in [0, 0.05) is 109 Å². The van der Waals surface area contributed by atoms with Crippen LogP contribution in [0.2, 0.25) is 0 Å². The average Bonchev–Trinajstić information content (AvgIpc) is 1.64. The molecule has 16 N–H and O–H groups in total. The van der Waals surface area contributed by atoms with Crippen LogP contribution in [0, 0.1) is 7.14 Å². The summed E-state index contributed by atoms with van der Waals surface area (Å²) in [4.78, 5) is 74.3. The number of aryl methyl sites for hydroxylation is 3. The number of hydrogen-bond donors (Lipinski definition) is 11. The number of unbranched alkanes of at least 4 members (excludes halogenated alkanes) is 3. The summed E-state index contributed by atoms with van der Waals surface area (Å²) in [6.45, 7) is 1.05. The number of furan rings is 3. The summed E-state index contributed by atoms with van der Waals surface area (Å²) >= 11 is 10.5. The van der Waals surface area contributed by atoms with Gasteiger partial charge in [0.1, 0.15) is 45.5 Å². The van der Waals surface area contributed by atoms with Gasteiger partial charge < -0.3 is 86.8 Å². The third-order valence-corrected chi connectivity index (χ3v) is 20.8. The minimum atomic E-state index is -0.431. The highest BCUT2D eigenvalue weighted by atomic mass is 127. The number of primary amides is 3. The Morgan fingerprint density at radius 1 is 0.360 bits per heavy atom. The zero-order valence-electron chi connectivity index (χ0n) is 59.8. The summed E-state index contributed by atoms with van der Waals surface area (Å²) in [5.41, 5.74) is 33.6. The zero-order valence-corrected chi connectivity index (χ0v) is 67.3. The summed E-state index contributed by atoms with van der Waals surface area (Å²) in [7, 11) is 0. The molecule has 0 saturated carbocycles. The molecule has 0 atom stereocenters. The van der Waals surface area contributed by atoms with Gasteiger partial charge in [0.2, 0.25) is 17.7 Å². The molecule has 576 valence electrons. The first-order chi connectivity index (χ1) is 53.2. The maximum Gasteiger partial charge on any atom is 0.217 e. The van der Waals surface area contributed by atoms with Gasteiger partial charge in [-0.2, -0.15) is 0 Å². The van der Waals surface area contributed by atoms with Crippen molar-refractivity contribution in [3.63, 3.8) is 0 Å². The van der Waals surface area contributed by atoms with Gasteiger partial charge in [-0.1, -0.05) is 91.0 Å². The van der Waals surface area contributed by atoms with E-state index in [-0.39, 0.29) is 117 Å². The molecule has 0 aliphatic rings. The van der Waals surface area contributed by atoms with Gasteiger partial charge in [-0.25, -0.2) is 0 Å². The maximum absolute atomic E-state index is 13.7. The fraction of sp³-hybridized carbons (Fsp3) is 0.214. The van der Waals surface area contributed by atoms with E-state index >= 15 is 0 Å². The molecule has 12 aromatic rings. The lowest BCUT2D eigenvalue weighted by Crippen LogP contribution is -2.10. The van der Waals surface area contributed by atoms with Crippen molar-refractivity contribution < 1.29 is 86.9 Å². The van der Waals surface area contributed by atoms with Crippen molar-refractivity contribution in [1.82, 2.24) is 0 Å². The number of phenols is 6. The van der Waals surface area contributed by atoms with Crippen LogP contribution in [0.1, 0.15) is 140 Å². The second kappa shape index (κ2) is 38.7. The van der Waals surface area contributed by atoms with Crippen LogP contribution in [0.15, 0.2) is 186 Å². The van der Waals surface area contributed by atoms with Crippen LogP contribution in [-0.4, -0.2) is 85.5 Å². The van der Waals surface area contributed by atoms with Crippen LogP contribution in [0.25, 0.3) is 32.9 Å². The summed E-state index contributed by atoms with van der Waals surface area (Å²) in [6, 6.07) is 47.7. The molecule has 0 aliphatic heterocycles. The van der Waals surface area contributed by atoms with E-state index in [0.717, 1.165) is 16.7 Å². The number of nitrogens with two attached hydrogens (primary N) is 5. The molecule has 0 bridgehead atoms. The van der Waals surface area contributed by atoms with Gasteiger partial charge in [0.15, 0.2) is 57.6 Å². The molecule has 111 heavy (non-hydrogen) atoms. The number of carbonyl (C=O) groups is 6. The molecule has 0 fully saturated rings. The minimum Gasteiger partial charge on any atom is -0.506 e. The molecule has 0 radical (unpaired) electrons. The lowest BCUT2D eigenvalue weighted by atomic mass is 9.97. The van der Waals surface area contributed by atoms with Gasteiger partial charge in [0.05, 0.1) is 64.0 Å². The van der Waals surface area contributed by atoms with Crippen LogP contribution in [0.4, 0.5) is 11.4 Å². The molecule has 3 amide bonds. The first-order valence-corrected chi connectivity index (χ1v) is 39.1. The number of rotatable bonds is 33. The third-order valence-electron chi connectivity index (χ3n) is 17.9. The van der Waals surface area contributed by atoms with Crippen LogP contribution in [-0.2, 0) is 52.9 Å². The normalized spacial score (nSPS) is 11.1. The van der Waals surface area contributed by atoms with E-state index in [4.69, 9.17) is 56.1 Å². The third kappa shape index (κ3) is 21.6. The fourth-order valence-electron chi connectivity index (χ4n) is 12.3. The Balaban J connectivity index is 0.000000177. The van der Waals surface area contributed by atoms with Crippen LogP contribution >= 0.6 is 77.0 Å². The number of carbonyl (C=O) groups excluding carboxylic acids is 6. The van der Waals surface area contributed by atoms with Crippen molar-refractivity contribution in [3.8, 4) is 51.7 Å². The number of aromatic hydroxyl groups is 6. The largest absolute Gasteiger partial charge is 0.506 e. The van der Waals surface area contributed by atoms with Crippen molar-refractivity contribution in [2.75, 3.05) is 31.3 Å². The Morgan fingerprint density at radius 2 is 0.649 bits per heavy atom. The highest BCUT2D eigenvalue weighted by molar-refractivity contribution is 14.1. The van der Waals surface area contributed by atoms with E-state index in [1.165, 1.54) is 42.5 Å². The first-order valence-electron chi connectivity index (χ1n) is 35.3. The summed E-state index contributed by atoms with van der Waals surface area (Å²) in [5.74, 6) is -0.707. The summed E-state index contributed by atoms with van der Waals surface area (Å²) in [5, 5.41) is 63.5. The topological polar surface area (TPSA) is 421 Å².